The van der Waals surface area contributed by atoms with Gasteiger partial charge < -0.3 is 10.1 Å². The third-order valence-corrected chi connectivity index (χ3v) is 5.48. The molecule has 2 rings (SSSR count). The lowest BCUT2D eigenvalue weighted by atomic mass is 10.1. The second-order valence-electron chi connectivity index (χ2n) is 6.43. The SMILES string of the molecule is COc1cccc(CCCNC(=O)[C@@H](C)N(c2ccccc2F)S(C)(=O)=O)c1. The van der Waals surface area contributed by atoms with Gasteiger partial charge >= 0.3 is 0 Å². The Labute approximate surface area is 165 Å². The molecule has 1 N–H and O–H groups in total. The number of hydrogen-bond acceptors (Lipinski definition) is 4. The third kappa shape index (κ3) is 5.69. The van der Waals surface area contributed by atoms with Gasteiger partial charge in [-0.3, -0.25) is 9.10 Å². The summed E-state index contributed by atoms with van der Waals surface area (Å²) in [4.78, 5) is 12.5. The van der Waals surface area contributed by atoms with Crippen molar-refractivity contribution < 1.29 is 22.3 Å². The number of nitrogens with zero attached hydrogens (tertiary/aromatic N) is 1. The fraction of sp³-hybridized carbons (Fsp3) is 0.350. The van der Waals surface area contributed by atoms with Gasteiger partial charge in [0.15, 0.2) is 0 Å². The van der Waals surface area contributed by atoms with E-state index in [0.29, 0.717) is 13.0 Å². The minimum Gasteiger partial charge on any atom is -0.497 e. The van der Waals surface area contributed by atoms with Crippen LogP contribution >= 0.6 is 0 Å². The summed E-state index contributed by atoms with van der Waals surface area (Å²) in [5, 5.41) is 2.72. The van der Waals surface area contributed by atoms with Crippen LogP contribution < -0.4 is 14.4 Å². The number of benzene rings is 2. The van der Waals surface area contributed by atoms with Crippen molar-refractivity contribution >= 4 is 21.6 Å². The van der Waals surface area contributed by atoms with Crippen LogP contribution in [0.4, 0.5) is 10.1 Å². The molecule has 152 valence electrons. The van der Waals surface area contributed by atoms with Crippen LogP contribution in [0.5, 0.6) is 5.75 Å². The van der Waals surface area contributed by atoms with E-state index in [1.807, 2.05) is 24.3 Å². The second kappa shape index (κ2) is 9.54. The maximum atomic E-state index is 14.1. The summed E-state index contributed by atoms with van der Waals surface area (Å²) in [6, 6.07) is 12.0. The highest BCUT2D eigenvalue weighted by molar-refractivity contribution is 7.92. The number of methoxy groups -OCH3 is 1. The molecular formula is C20H25FN2O4S. The highest BCUT2D eigenvalue weighted by atomic mass is 32.2. The van der Waals surface area contributed by atoms with Crippen molar-refractivity contribution in [3.05, 3.63) is 59.9 Å². The van der Waals surface area contributed by atoms with Crippen molar-refractivity contribution in [3.8, 4) is 5.75 Å². The van der Waals surface area contributed by atoms with Crippen molar-refractivity contribution in [1.29, 1.82) is 0 Å². The highest BCUT2D eigenvalue weighted by Gasteiger charge is 2.30. The molecule has 6 nitrogen and oxygen atoms in total. The predicted molar refractivity (Wildman–Crippen MR) is 108 cm³/mol. The van der Waals surface area contributed by atoms with Gasteiger partial charge in [-0.25, -0.2) is 12.8 Å². The molecule has 0 aromatic heterocycles. The van der Waals surface area contributed by atoms with Crippen LogP contribution in [0.2, 0.25) is 0 Å². The van der Waals surface area contributed by atoms with Crippen molar-refractivity contribution in [3.63, 3.8) is 0 Å². The quantitative estimate of drug-likeness (QED) is 0.648. The molecule has 0 saturated carbocycles. The lowest BCUT2D eigenvalue weighted by Crippen LogP contribution is -2.48. The molecule has 0 aliphatic rings. The number of nitrogens with one attached hydrogen (secondary N) is 1. The van der Waals surface area contributed by atoms with E-state index in [4.69, 9.17) is 4.74 Å². The zero-order chi connectivity index (χ0) is 20.7. The van der Waals surface area contributed by atoms with E-state index < -0.39 is 27.8 Å². The first-order chi connectivity index (χ1) is 13.2. The number of carbonyl (C=O) groups is 1. The summed E-state index contributed by atoms with van der Waals surface area (Å²) in [5.41, 5.74) is 0.926. The molecule has 8 heteroatoms. The molecule has 2 aromatic rings. The molecule has 0 heterocycles. The monoisotopic (exact) mass is 408 g/mol. The average molecular weight is 408 g/mol. The van der Waals surface area contributed by atoms with Crippen LogP contribution in [-0.2, 0) is 21.2 Å². The topological polar surface area (TPSA) is 75.7 Å². The zero-order valence-electron chi connectivity index (χ0n) is 16.2. The standard InChI is InChI=1S/C20H25FN2O4S/c1-15(23(28(3,25)26)19-12-5-4-11-18(19)21)20(24)22-13-7-9-16-8-6-10-17(14-16)27-2/h4-6,8,10-12,14-15H,7,9,13H2,1-3H3,(H,22,24)/t15-/m1/s1. The minimum absolute atomic E-state index is 0.149. The lowest BCUT2D eigenvalue weighted by molar-refractivity contribution is -0.121. The van der Waals surface area contributed by atoms with E-state index in [2.05, 4.69) is 5.32 Å². The summed E-state index contributed by atoms with van der Waals surface area (Å²) in [6.45, 7) is 1.81. The predicted octanol–water partition coefficient (Wildman–Crippen LogP) is 2.74. The first kappa shape index (κ1) is 21.7. The number of hydrogen-bond donors (Lipinski definition) is 1. The number of aryl methyl sites for hydroxylation is 1. The maximum Gasteiger partial charge on any atom is 0.243 e. The molecule has 0 radical (unpaired) electrons. The molecule has 1 atom stereocenters. The van der Waals surface area contributed by atoms with E-state index in [9.17, 15) is 17.6 Å². The van der Waals surface area contributed by atoms with Crippen molar-refractivity contribution in [1.82, 2.24) is 5.32 Å². The minimum atomic E-state index is -3.85. The van der Waals surface area contributed by atoms with Crippen LogP contribution in [0.3, 0.4) is 0 Å². The van der Waals surface area contributed by atoms with Gasteiger partial charge in [-0.15, -0.1) is 0 Å². The van der Waals surface area contributed by atoms with Gasteiger partial charge in [-0.05, 0) is 49.6 Å². The Balaban J connectivity index is 1.98. The Morgan fingerprint density at radius 3 is 2.57 bits per heavy atom. The van der Waals surface area contributed by atoms with Crippen LogP contribution in [0.1, 0.15) is 18.9 Å². The van der Waals surface area contributed by atoms with Gasteiger partial charge in [0, 0.05) is 6.54 Å². The van der Waals surface area contributed by atoms with E-state index in [-0.39, 0.29) is 5.69 Å². The van der Waals surface area contributed by atoms with E-state index in [0.717, 1.165) is 34.4 Å². The summed E-state index contributed by atoms with van der Waals surface area (Å²) in [7, 11) is -2.25. The fourth-order valence-electron chi connectivity index (χ4n) is 2.89. The summed E-state index contributed by atoms with van der Waals surface area (Å²) < 4.78 is 44.4. The Hall–Kier alpha value is -2.61. The number of ether oxygens (including phenoxy) is 1. The molecule has 0 aliphatic carbocycles. The first-order valence-corrected chi connectivity index (χ1v) is 10.7. The van der Waals surface area contributed by atoms with Crippen molar-refractivity contribution in [2.75, 3.05) is 24.2 Å². The average Bonchev–Trinajstić information content (AvgIpc) is 2.65. The van der Waals surface area contributed by atoms with Gasteiger partial charge in [0.25, 0.3) is 0 Å². The summed E-state index contributed by atoms with van der Waals surface area (Å²) in [6.07, 6.45) is 2.35. The number of amides is 1. The Kier molecular flexibility index (Phi) is 7.39. The van der Waals surface area contributed by atoms with Gasteiger partial charge in [0.05, 0.1) is 19.1 Å². The maximum absolute atomic E-state index is 14.1. The number of anilines is 1. The number of rotatable bonds is 9. The molecule has 0 bridgehead atoms. The zero-order valence-corrected chi connectivity index (χ0v) is 17.0. The Morgan fingerprint density at radius 2 is 1.93 bits per heavy atom. The van der Waals surface area contributed by atoms with Crippen LogP contribution in [-0.4, -0.2) is 40.3 Å². The number of halogens is 1. The van der Waals surface area contributed by atoms with Gasteiger partial charge in [-0.1, -0.05) is 24.3 Å². The Morgan fingerprint density at radius 1 is 1.21 bits per heavy atom. The van der Waals surface area contributed by atoms with E-state index >= 15 is 0 Å². The molecule has 2 aromatic carbocycles. The smallest absolute Gasteiger partial charge is 0.243 e. The number of carbonyl (C=O) groups excluding carboxylic acids is 1. The number of sulfonamides is 1. The molecule has 0 aliphatic heterocycles. The van der Waals surface area contributed by atoms with Gasteiger partial charge in [0.1, 0.15) is 17.6 Å². The molecule has 0 spiro atoms. The largest absolute Gasteiger partial charge is 0.497 e. The van der Waals surface area contributed by atoms with Crippen molar-refractivity contribution in [2.45, 2.75) is 25.8 Å². The molecule has 0 saturated heterocycles. The molecule has 0 unspecified atom stereocenters. The third-order valence-electron chi connectivity index (χ3n) is 4.25. The molecule has 0 fully saturated rings. The molecule has 28 heavy (non-hydrogen) atoms. The highest BCUT2D eigenvalue weighted by Crippen LogP contribution is 2.24. The van der Waals surface area contributed by atoms with Gasteiger partial charge in [0.2, 0.25) is 15.9 Å². The molecule has 1 amide bonds. The van der Waals surface area contributed by atoms with Gasteiger partial charge in [-0.2, -0.15) is 0 Å². The van der Waals surface area contributed by atoms with Crippen molar-refractivity contribution in [2.24, 2.45) is 0 Å². The Bertz CT molecular complexity index is 918. The summed E-state index contributed by atoms with van der Waals surface area (Å²) >= 11 is 0. The lowest BCUT2D eigenvalue weighted by Gasteiger charge is -2.28. The fourth-order valence-corrected chi connectivity index (χ4v) is 4.07. The number of para-hydroxylation sites is 1. The first-order valence-electron chi connectivity index (χ1n) is 8.88. The van der Waals surface area contributed by atoms with Crippen LogP contribution in [0.15, 0.2) is 48.5 Å². The molecular weight excluding hydrogens is 383 g/mol. The summed E-state index contributed by atoms with van der Waals surface area (Å²) in [5.74, 6) is -0.422. The van der Waals surface area contributed by atoms with Crippen LogP contribution in [0.25, 0.3) is 0 Å². The van der Waals surface area contributed by atoms with Crippen LogP contribution in [0, 0.1) is 5.82 Å². The normalized spacial score (nSPS) is 12.3. The van der Waals surface area contributed by atoms with E-state index in [1.54, 1.807) is 7.11 Å². The van der Waals surface area contributed by atoms with E-state index in [1.165, 1.54) is 25.1 Å². The second-order valence-corrected chi connectivity index (χ2v) is 8.29.